The minimum Gasteiger partial charge on any atom is -0.507 e. The molecule has 2 heterocycles. The lowest BCUT2D eigenvalue weighted by atomic mass is 9.69. The van der Waals surface area contributed by atoms with Gasteiger partial charge in [0.05, 0.1) is 6.04 Å². The number of amides is 2. The van der Waals surface area contributed by atoms with Gasteiger partial charge in [-0.2, -0.15) is 0 Å². The summed E-state index contributed by atoms with van der Waals surface area (Å²) < 4.78 is 0. The number of likely N-dealkylation sites (N-methyl/N-ethyl adjacent to an activating group) is 1. The van der Waals surface area contributed by atoms with Gasteiger partial charge in [0.2, 0.25) is 5.91 Å². The Morgan fingerprint density at radius 3 is 2.56 bits per heavy atom. The fourth-order valence-corrected chi connectivity index (χ4v) is 8.21. The van der Waals surface area contributed by atoms with E-state index < -0.39 is 11.9 Å². The number of carbonyl (C=O) groups is 3. The molecule has 0 spiro atoms. The molecule has 1 saturated heterocycles. The van der Waals surface area contributed by atoms with Crippen molar-refractivity contribution < 1.29 is 19.5 Å². The Labute approximate surface area is 214 Å². The first-order valence-corrected chi connectivity index (χ1v) is 13.9. The van der Waals surface area contributed by atoms with E-state index in [0.29, 0.717) is 49.0 Å². The molecule has 0 aromatic carbocycles. The van der Waals surface area contributed by atoms with Crippen molar-refractivity contribution in [1.82, 2.24) is 10.2 Å². The van der Waals surface area contributed by atoms with Crippen molar-refractivity contribution >= 4 is 17.6 Å². The fraction of sp³-hybridized carbons (Fsp3) is 0.633. The molecule has 2 saturated carbocycles. The Morgan fingerprint density at radius 1 is 1.03 bits per heavy atom. The predicted octanol–water partition coefficient (Wildman–Crippen LogP) is 4.36. The highest BCUT2D eigenvalue weighted by Crippen LogP contribution is 2.59. The Hall–Kier alpha value is -2.63. The maximum atomic E-state index is 13.0. The lowest BCUT2D eigenvalue weighted by Crippen LogP contribution is -2.33. The van der Waals surface area contributed by atoms with Crippen molar-refractivity contribution in [3.8, 4) is 0 Å². The van der Waals surface area contributed by atoms with Gasteiger partial charge in [0.1, 0.15) is 11.3 Å². The highest BCUT2D eigenvalue weighted by atomic mass is 16.3. The van der Waals surface area contributed by atoms with Crippen molar-refractivity contribution in [2.24, 2.45) is 47.3 Å². The Bertz CT molecular complexity index is 1040. The number of allylic oxidation sites excluding steroid dienone is 5. The summed E-state index contributed by atoms with van der Waals surface area (Å²) in [5.74, 6) is 3.30. The molecule has 194 valence electrons. The van der Waals surface area contributed by atoms with Crippen LogP contribution in [0.5, 0.6) is 0 Å². The van der Waals surface area contributed by atoms with Crippen molar-refractivity contribution in [2.45, 2.75) is 58.4 Å². The number of Topliss-reactive ketones (excluding diaryl/α,β-unsaturated/α-hetero) is 1. The van der Waals surface area contributed by atoms with E-state index in [1.165, 1.54) is 17.7 Å². The van der Waals surface area contributed by atoms with E-state index in [0.717, 1.165) is 24.7 Å². The minimum absolute atomic E-state index is 0.0999. The second-order valence-electron chi connectivity index (χ2n) is 11.7. The van der Waals surface area contributed by atoms with Crippen LogP contribution in [0.3, 0.4) is 0 Å². The van der Waals surface area contributed by atoms with Crippen molar-refractivity contribution in [1.29, 1.82) is 0 Å². The summed E-state index contributed by atoms with van der Waals surface area (Å²) in [5, 5.41) is 13.8. The topological polar surface area (TPSA) is 86.7 Å². The summed E-state index contributed by atoms with van der Waals surface area (Å²) in [7, 11) is 1.61. The van der Waals surface area contributed by atoms with Crippen LogP contribution in [0.25, 0.3) is 0 Å². The number of aliphatic hydroxyl groups is 1. The summed E-state index contributed by atoms with van der Waals surface area (Å²) in [6.07, 6.45) is 17.5. The molecule has 0 aromatic rings. The van der Waals surface area contributed by atoms with Crippen molar-refractivity contribution in [3.63, 3.8) is 0 Å². The van der Waals surface area contributed by atoms with Crippen LogP contribution in [0.4, 0.5) is 0 Å². The van der Waals surface area contributed by atoms with E-state index in [1.807, 2.05) is 12.2 Å². The van der Waals surface area contributed by atoms with Gasteiger partial charge in [-0.15, -0.1) is 0 Å². The Kier molecular flexibility index (Phi) is 6.97. The molecule has 0 unspecified atom stereocenters. The minimum atomic E-state index is -0.594. The van der Waals surface area contributed by atoms with Crippen molar-refractivity contribution in [2.75, 3.05) is 13.6 Å². The second-order valence-corrected chi connectivity index (χ2v) is 11.7. The molecule has 3 aliphatic carbocycles. The largest absolute Gasteiger partial charge is 0.507 e. The van der Waals surface area contributed by atoms with E-state index in [4.69, 9.17) is 0 Å². The summed E-state index contributed by atoms with van der Waals surface area (Å²) in [6, 6.07) is -0.594. The number of ketones is 1. The molecule has 2 N–H and O–H groups in total. The zero-order chi connectivity index (χ0) is 25.6. The number of hydrogen-bond acceptors (Lipinski definition) is 4. The lowest BCUT2D eigenvalue weighted by molar-refractivity contribution is -0.125. The number of nitrogens with zero attached hydrogens (tertiary/aromatic N) is 1. The van der Waals surface area contributed by atoms with Gasteiger partial charge in [-0.1, -0.05) is 44.6 Å². The number of rotatable bonds is 1. The lowest BCUT2D eigenvalue weighted by Gasteiger charge is -2.35. The summed E-state index contributed by atoms with van der Waals surface area (Å²) in [5.41, 5.74) is -0.0999. The SMILES string of the molecule is CC[C@H]1[C@H]2C=C[C@@H]3[C@H]4C/C=C/C(=O)NCCC[C@H]5C(=O)/C(=C(O)\C=C\[C@@H]4C[C@@H]3[C@@H]2C[C@H]1C)C(=O)N5C. The normalized spacial score (nSPS) is 44.7. The number of hydrogen-bond donors (Lipinski definition) is 2. The first-order chi connectivity index (χ1) is 17.3. The summed E-state index contributed by atoms with van der Waals surface area (Å²) in [6.45, 7) is 5.15. The maximum Gasteiger partial charge on any atom is 0.261 e. The molecule has 6 nitrogen and oxygen atoms in total. The molecule has 2 aliphatic heterocycles. The number of carbonyl (C=O) groups excluding carboxylic acids is 3. The van der Waals surface area contributed by atoms with Gasteiger partial charge in [0.25, 0.3) is 5.91 Å². The number of fused-ring (bicyclic) bond motifs is 7. The Morgan fingerprint density at radius 2 is 1.78 bits per heavy atom. The molecule has 5 aliphatic rings. The monoisotopic (exact) mass is 492 g/mol. The third kappa shape index (κ3) is 4.26. The maximum absolute atomic E-state index is 13.0. The molecule has 2 bridgehead atoms. The average molecular weight is 493 g/mol. The van der Waals surface area contributed by atoms with Gasteiger partial charge in [-0.3, -0.25) is 14.4 Å². The van der Waals surface area contributed by atoms with Crippen LogP contribution in [-0.2, 0) is 14.4 Å². The molecule has 6 heteroatoms. The van der Waals surface area contributed by atoms with Crippen LogP contribution in [0.1, 0.15) is 52.4 Å². The first-order valence-electron chi connectivity index (χ1n) is 13.9. The zero-order valence-corrected chi connectivity index (χ0v) is 21.7. The molecule has 5 rings (SSSR count). The summed E-state index contributed by atoms with van der Waals surface area (Å²) in [4.78, 5) is 39.7. The van der Waals surface area contributed by atoms with E-state index in [2.05, 4.69) is 31.3 Å². The molecule has 0 aromatic heterocycles. The third-order valence-electron chi connectivity index (χ3n) is 9.96. The van der Waals surface area contributed by atoms with Gasteiger partial charge in [-0.25, -0.2) is 0 Å². The molecule has 2 amide bonds. The predicted molar refractivity (Wildman–Crippen MR) is 139 cm³/mol. The fourth-order valence-electron chi connectivity index (χ4n) is 8.21. The third-order valence-corrected chi connectivity index (χ3v) is 9.96. The van der Waals surface area contributed by atoms with Gasteiger partial charge < -0.3 is 15.3 Å². The molecular formula is C30H40N2O4. The second kappa shape index (κ2) is 10.0. The molecular weight excluding hydrogens is 452 g/mol. The van der Waals surface area contributed by atoms with Crippen LogP contribution >= 0.6 is 0 Å². The molecule has 36 heavy (non-hydrogen) atoms. The zero-order valence-electron chi connectivity index (χ0n) is 21.7. The van der Waals surface area contributed by atoms with Crippen LogP contribution in [-0.4, -0.2) is 47.2 Å². The van der Waals surface area contributed by atoms with E-state index in [9.17, 15) is 19.5 Å². The van der Waals surface area contributed by atoms with Crippen LogP contribution in [0, 0.1) is 47.3 Å². The van der Waals surface area contributed by atoms with Crippen LogP contribution in [0.15, 0.2) is 47.8 Å². The number of nitrogens with one attached hydrogen (secondary N) is 1. The van der Waals surface area contributed by atoms with Crippen molar-refractivity contribution in [3.05, 3.63) is 47.8 Å². The number of likely N-dealkylation sites (tertiary alicyclic amines) is 1. The smallest absolute Gasteiger partial charge is 0.261 e. The highest BCUT2D eigenvalue weighted by molar-refractivity contribution is 6.26. The average Bonchev–Trinajstić information content (AvgIpc) is 3.44. The van der Waals surface area contributed by atoms with E-state index in [1.54, 1.807) is 19.2 Å². The van der Waals surface area contributed by atoms with Gasteiger partial charge in [0, 0.05) is 13.6 Å². The van der Waals surface area contributed by atoms with Crippen LogP contribution < -0.4 is 5.32 Å². The number of aliphatic hydroxyl groups excluding tert-OH is 1. The van der Waals surface area contributed by atoms with Gasteiger partial charge >= 0.3 is 0 Å². The summed E-state index contributed by atoms with van der Waals surface area (Å²) >= 11 is 0. The molecule has 9 atom stereocenters. The van der Waals surface area contributed by atoms with E-state index in [-0.39, 0.29) is 28.9 Å². The quantitative estimate of drug-likeness (QED) is 0.421. The first kappa shape index (κ1) is 25.0. The van der Waals surface area contributed by atoms with Crippen LogP contribution in [0.2, 0.25) is 0 Å². The van der Waals surface area contributed by atoms with Gasteiger partial charge in [-0.05, 0) is 91.6 Å². The van der Waals surface area contributed by atoms with E-state index >= 15 is 0 Å². The highest BCUT2D eigenvalue weighted by Gasteiger charge is 2.52. The van der Waals surface area contributed by atoms with Gasteiger partial charge in [0.15, 0.2) is 5.78 Å². The molecule has 3 fully saturated rings. The standard InChI is InChI=1S/C30H40N2O4/c1-4-19-17(2)15-23-21(19)11-12-22-20-7-5-9-27(34)31-14-6-8-25-29(35)28(30(36)32(25)3)26(33)13-10-18(20)16-24(22)23/h5,9-13,17-25,33H,4,6-8,14-16H2,1-3H3,(H,31,34)/b9-5+,13-10+,28-26-/t17-,18-,19-,20+,21-,22-,23-,24+,25+/m1/s1. The molecule has 0 radical (unpaired) electrons. The Balaban J connectivity index is 1.47.